The summed E-state index contributed by atoms with van der Waals surface area (Å²) in [6, 6.07) is 7.58. The molecule has 0 aliphatic heterocycles. The molecule has 1 N–H and O–H groups in total. The van der Waals surface area contributed by atoms with Gasteiger partial charge in [0.1, 0.15) is 0 Å². The van der Waals surface area contributed by atoms with Crippen LogP contribution in [0.25, 0.3) is 0 Å². The van der Waals surface area contributed by atoms with Crippen molar-refractivity contribution in [3.63, 3.8) is 0 Å². The first kappa shape index (κ1) is 13.1. The fraction of sp³-hybridized carbons (Fsp3) is 0.357. The quantitative estimate of drug-likeness (QED) is 0.922. The Labute approximate surface area is 112 Å². The Morgan fingerprint density at radius 3 is 2.39 bits per heavy atom. The highest BCUT2D eigenvalue weighted by molar-refractivity contribution is 6.30. The predicted molar refractivity (Wildman–Crippen MR) is 72.7 cm³/mol. The van der Waals surface area contributed by atoms with Crippen molar-refractivity contribution in [3.8, 4) is 0 Å². The van der Waals surface area contributed by atoms with Gasteiger partial charge < -0.3 is 5.11 Å². The lowest BCUT2D eigenvalue weighted by Gasteiger charge is -2.22. The Balaban J connectivity index is 2.04. The minimum Gasteiger partial charge on any atom is -0.389 e. The molecule has 18 heavy (non-hydrogen) atoms. The molecule has 1 aromatic carbocycles. The number of rotatable bonds is 4. The lowest BCUT2D eigenvalue weighted by molar-refractivity contribution is 0.0608. The summed E-state index contributed by atoms with van der Waals surface area (Å²) >= 11 is 5.84. The van der Waals surface area contributed by atoms with E-state index in [1.807, 2.05) is 44.4 Å². The maximum atomic E-state index is 10.4. The van der Waals surface area contributed by atoms with E-state index in [1.54, 1.807) is 10.9 Å². The molecule has 1 atom stereocenters. The molecule has 0 aliphatic carbocycles. The van der Waals surface area contributed by atoms with E-state index >= 15 is 0 Å². The molecule has 4 heteroatoms. The second-order valence-electron chi connectivity index (χ2n) is 5.00. The molecule has 0 spiro atoms. The van der Waals surface area contributed by atoms with Crippen LogP contribution in [-0.2, 0) is 19.9 Å². The first-order valence-corrected chi connectivity index (χ1v) is 6.27. The smallest absolute Gasteiger partial charge is 0.0701 e. The van der Waals surface area contributed by atoms with Crippen LogP contribution in [0, 0.1) is 0 Å². The molecule has 0 saturated carbocycles. The van der Waals surface area contributed by atoms with Crippen LogP contribution in [0.2, 0.25) is 5.02 Å². The highest BCUT2D eigenvalue weighted by Gasteiger charge is 2.22. The Hall–Kier alpha value is -1.32. The van der Waals surface area contributed by atoms with Gasteiger partial charge in [0, 0.05) is 31.1 Å². The fourth-order valence-corrected chi connectivity index (χ4v) is 2.23. The molecule has 0 radical (unpaired) electrons. The normalized spacial score (nSPS) is 14.4. The molecule has 0 aliphatic rings. The average Bonchev–Trinajstić information content (AvgIpc) is 2.66. The van der Waals surface area contributed by atoms with Crippen LogP contribution in [0.1, 0.15) is 18.1 Å². The Morgan fingerprint density at radius 2 is 1.83 bits per heavy atom. The van der Waals surface area contributed by atoms with Crippen molar-refractivity contribution in [3.05, 3.63) is 52.8 Å². The number of nitrogens with zero attached hydrogens (tertiary/aromatic N) is 2. The molecular formula is C14H17ClN2O. The summed E-state index contributed by atoms with van der Waals surface area (Å²) in [6.45, 7) is 1.84. The first-order valence-electron chi connectivity index (χ1n) is 5.89. The van der Waals surface area contributed by atoms with Crippen molar-refractivity contribution in [1.29, 1.82) is 0 Å². The van der Waals surface area contributed by atoms with E-state index in [2.05, 4.69) is 5.10 Å². The molecule has 0 saturated heterocycles. The van der Waals surface area contributed by atoms with Gasteiger partial charge in [0.05, 0.1) is 11.8 Å². The van der Waals surface area contributed by atoms with Crippen LogP contribution < -0.4 is 0 Å². The molecule has 2 aromatic rings. The summed E-state index contributed by atoms with van der Waals surface area (Å²) in [5, 5.41) is 15.3. The molecule has 2 rings (SSSR count). The number of aryl methyl sites for hydroxylation is 1. The lowest BCUT2D eigenvalue weighted by atomic mass is 9.91. The third-order valence-electron chi connectivity index (χ3n) is 2.84. The van der Waals surface area contributed by atoms with Gasteiger partial charge in [-0.3, -0.25) is 4.68 Å². The van der Waals surface area contributed by atoms with Gasteiger partial charge >= 0.3 is 0 Å². The lowest BCUT2D eigenvalue weighted by Crippen LogP contribution is -2.29. The summed E-state index contributed by atoms with van der Waals surface area (Å²) in [5.74, 6) is 0. The second kappa shape index (κ2) is 5.12. The summed E-state index contributed by atoms with van der Waals surface area (Å²) in [6.07, 6.45) is 4.90. The van der Waals surface area contributed by atoms with Crippen LogP contribution in [0.5, 0.6) is 0 Å². The van der Waals surface area contributed by atoms with Gasteiger partial charge in [0.25, 0.3) is 0 Å². The van der Waals surface area contributed by atoms with E-state index in [4.69, 9.17) is 11.6 Å². The van der Waals surface area contributed by atoms with Gasteiger partial charge in [-0.1, -0.05) is 23.7 Å². The zero-order valence-corrected chi connectivity index (χ0v) is 11.4. The third kappa shape index (κ3) is 3.59. The van der Waals surface area contributed by atoms with Crippen molar-refractivity contribution < 1.29 is 5.11 Å². The van der Waals surface area contributed by atoms with E-state index in [0.29, 0.717) is 17.9 Å². The number of aliphatic hydroxyl groups is 1. The molecule has 1 unspecified atom stereocenters. The first-order chi connectivity index (χ1) is 8.44. The van der Waals surface area contributed by atoms with Crippen molar-refractivity contribution in [2.75, 3.05) is 0 Å². The van der Waals surface area contributed by atoms with Gasteiger partial charge in [-0.15, -0.1) is 0 Å². The Kier molecular flexibility index (Phi) is 3.73. The van der Waals surface area contributed by atoms with Gasteiger partial charge in [-0.25, -0.2) is 0 Å². The molecule has 96 valence electrons. The molecule has 1 heterocycles. The predicted octanol–water partition coefficient (Wildman–Crippen LogP) is 2.61. The Bertz CT molecular complexity index is 517. The summed E-state index contributed by atoms with van der Waals surface area (Å²) in [5.41, 5.74) is 1.33. The van der Waals surface area contributed by atoms with E-state index in [0.717, 1.165) is 11.1 Å². The monoisotopic (exact) mass is 264 g/mol. The minimum atomic E-state index is -0.781. The summed E-state index contributed by atoms with van der Waals surface area (Å²) in [4.78, 5) is 0. The third-order valence-corrected chi connectivity index (χ3v) is 3.09. The minimum absolute atomic E-state index is 0.587. The van der Waals surface area contributed by atoms with Crippen molar-refractivity contribution >= 4 is 11.6 Å². The Morgan fingerprint density at radius 1 is 1.22 bits per heavy atom. The fourth-order valence-electron chi connectivity index (χ4n) is 2.11. The number of aromatic nitrogens is 2. The molecule has 0 fully saturated rings. The number of hydrogen-bond donors (Lipinski definition) is 1. The van der Waals surface area contributed by atoms with Crippen LogP contribution in [0.4, 0.5) is 0 Å². The molecule has 0 amide bonds. The number of benzene rings is 1. The molecule has 1 aromatic heterocycles. The maximum absolute atomic E-state index is 10.4. The topological polar surface area (TPSA) is 38.0 Å². The van der Waals surface area contributed by atoms with Crippen molar-refractivity contribution in [2.24, 2.45) is 7.05 Å². The van der Waals surface area contributed by atoms with Crippen molar-refractivity contribution in [2.45, 2.75) is 25.4 Å². The number of hydrogen-bond acceptors (Lipinski definition) is 2. The second-order valence-corrected chi connectivity index (χ2v) is 5.44. The van der Waals surface area contributed by atoms with Crippen molar-refractivity contribution in [1.82, 2.24) is 9.78 Å². The zero-order valence-electron chi connectivity index (χ0n) is 10.6. The number of halogens is 1. The van der Waals surface area contributed by atoms with Crippen LogP contribution in [0.3, 0.4) is 0 Å². The van der Waals surface area contributed by atoms with Crippen LogP contribution >= 0.6 is 11.6 Å². The van der Waals surface area contributed by atoms with Crippen LogP contribution in [0.15, 0.2) is 36.7 Å². The summed E-state index contributed by atoms with van der Waals surface area (Å²) in [7, 11) is 1.87. The molecular weight excluding hydrogens is 248 g/mol. The largest absolute Gasteiger partial charge is 0.389 e. The van der Waals surface area contributed by atoms with E-state index in [9.17, 15) is 5.11 Å². The molecule has 3 nitrogen and oxygen atoms in total. The average molecular weight is 265 g/mol. The summed E-state index contributed by atoms with van der Waals surface area (Å²) < 4.78 is 1.74. The highest BCUT2D eigenvalue weighted by Crippen LogP contribution is 2.19. The highest BCUT2D eigenvalue weighted by atomic mass is 35.5. The standard InChI is InChI=1S/C14H17ClN2O/c1-14(18,8-12-9-16-17(2)10-12)7-11-3-5-13(15)6-4-11/h3-6,9-10,18H,7-8H2,1-2H3. The van der Waals surface area contributed by atoms with E-state index in [-0.39, 0.29) is 0 Å². The van der Waals surface area contributed by atoms with Gasteiger partial charge in [0.2, 0.25) is 0 Å². The SMILES string of the molecule is Cn1cc(CC(C)(O)Cc2ccc(Cl)cc2)cn1. The van der Waals surface area contributed by atoms with Gasteiger partial charge in [0.15, 0.2) is 0 Å². The maximum Gasteiger partial charge on any atom is 0.0701 e. The van der Waals surface area contributed by atoms with Gasteiger partial charge in [-0.05, 0) is 30.2 Å². The molecule has 0 bridgehead atoms. The van der Waals surface area contributed by atoms with E-state index in [1.165, 1.54) is 0 Å². The zero-order chi connectivity index (χ0) is 13.2. The van der Waals surface area contributed by atoms with Gasteiger partial charge in [-0.2, -0.15) is 5.10 Å². The van der Waals surface area contributed by atoms with Crippen LogP contribution in [-0.4, -0.2) is 20.5 Å². The van der Waals surface area contributed by atoms with E-state index < -0.39 is 5.60 Å².